The lowest BCUT2D eigenvalue weighted by Gasteiger charge is -2.42. The first-order valence-corrected chi connectivity index (χ1v) is 10.5. The first-order chi connectivity index (χ1) is 13.6. The maximum absolute atomic E-state index is 5.92. The Morgan fingerprint density at radius 3 is 2.72 bits per heavy atom. The number of methoxy groups -OCH3 is 1. The zero-order chi connectivity index (χ0) is 20.0. The van der Waals surface area contributed by atoms with Crippen LogP contribution in [0, 0.1) is 5.41 Å². The first-order valence-electron chi connectivity index (χ1n) is 10.5. The van der Waals surface area contributed by atoms with Crippen LogP contribution in [-0.2, 0) is 17.7 Å². The van der Waals surface area contributed by atoms with Gasteiger partial charge in [-0.15, -0.1) is 24.0 Å². The standard InChI is InChI=1S/C22H35N3O3.HI/c1-5-27-19-12-17-11-16(2)28-20(17)13-18(19)14-24-21(23-3)25-15-22(7-6-8-22)9-10-26-4;/h12-13,16H,5-11,14-15H2,1-4H3,(H2,23,24,25);1H. The van der Waals surface area contributed by atoms with Gasteiger partial charge in [-0.05, 0) is 50.7 Å². The molecule has 0 bridgehead atoms. The van der Waals surface area contributed by atoms with Gasteiger partial charge in [0.1, 0.15) is 17.6 Å². The van der Waals surface area contributed by atoms with Gasteiger partial charge in [0.2, 0.25) is 0 Å². The Morgan fingerprint density at radius 1 is 1.31 bits per heavy atom. The van der Waals surface area contributed by atoms with Gasteiger partial charge in [-0.1, -0.05) is 6.42 Å². The van der Waals surface area contributed by atoms with Crippen LogP contribution in [0.1, 0.15) is 50.7 Å². The van der Waals surface area contributed by atoms with E-state index in [9.17, 15) is 0 Å². The van der Waals surface area contributed by atoms with Gasteiger partial charge in [0, 0.05) is 51.4 Å². The van der Waals surface area contributed by atoms with Crippen LogP contribution in [0.2, 0.25) is 0 Å². The average Bonchev–Trinajstić information content (AvgIpc) is 3.01. The molecule has 1 aromatic carbocycles. The van der Waals surface area contributed by atoms with Gasteiger partial charge in [0.05, 0.1) is 6.61 Å². The molecule has 1 aliphatic heterocycles. The minimum absolute atomic E-state index is 0. The number of hydrogen-bond acceptors (Lipinski definition) is 4. The van der Waals surface area contributed by atoms with Crippen molar-refractivity contribution in [2.75, 3.05) is 33.9 Å². The van der Waals surface area contributed by atoms with E-state index < -0.39 is 0 Å². The Kier molecular flexibility index (Phi) is 9.33. The van der Waals surface area contributed by atoms with Crippen molar-refractivity contribution in [1.82, 2.24) is 10.6 Å². The first kappa shape index (κ1) is 24.1. The lowest BCUT2D eigenvalue weighted by molar-refractivity contribution is 0.0732. The van der Waals surface area contributed by atoms with E-state index in [1.165, 1.54) is 24.8 Å². The summed E-state index contributed by atoms with van der Waals surface area (Å²) >= 11 is 0. The summed E-state index contributed by atoms with van der Waals surface area (Å²) in [6.07, 6.45) is 6.10. The SMILES string of the molecule is CCOc1cc2c(cc1CNC(=NC)NCC1(CCOC)CCC1)OC(C)C2.I. The van der Waals surface area contributed by atoms with Crippen molar-refractivity contribution in [3.63, 3.8) is 0 Å². The maximum Gasteiger partial charge on any atom is 0.191 e. The molecule has 0 radical (unpaired) electrons. The van der Waals surface area contributed by atoms with Crippen molar-refractivity contribution in [2.45, 2.75) is 58.6 Å². The van der Waals surface area contributed by atoms with E-state index in [1.54, 1.807) is 7.11 Å². The number of hydrogen-bond donors (Lipinski definition) is 2. The summed E-state index contributed by atoms with van der Waals surface area (Å²) in [5.74, 6) is 2.72. The molecule has 1 unspecified atom stereocenters. The fourth-order valence-corrected chi connectivity index (χ4v) is 4.09. The minimum atomic E-state index is 0. The van der Waals surface area contributed by atoms with E-state index in [0.29, 0.717) is 18.6 Å². The molecule has 0 saturated heterocycles. The molecule has 2 aliphatic rings. The highest BCUT2D eigenvalue weighted by Gasteiger charge is 2.36. The molecule has 29 heavy (non-hydrogen) atoms. The number of aliphatic imine (C=N–C) groups is 1. The topological polar surface area (TPSA) is 64.1 Å². The maximum atomic E-state index is 5.92. The molecule has 0 aromatic heterocycles. The highest BCUT2D eigenvalue weighted by Crippen LogP contribution is 2.43. The minimum Gasteiger partial charge on any atom is -0.494 e. The Bertz CT molecular complexity index is 692. The predicted molar refractivity (Wildman–Crippen MR) is 128 cm³/mol. The summed E-state index contributed by atoms with van der Waals surface area (Å²) in [4.78, 5) is 4.40. The number of guanidine groups is 1. The fraction of sp³-hybridized carbons (Fsp3) is 0.682. The monoisotopic (exact) mass is 517 g/mol. The van der Waals surface area contributed by atoms with Crippen LogP contribution in [0.5, 0.6) is 11.5 Å². The van der Waals surface area contributed by atoms with Crippen LogP contribution in [0.3, 0.4) is 0 Å². The lowest BCUT2D eigenvalue weighted by Crippen LogP contribution is -2.46. The van der Waals surface area contributed by atoms with Gasteiger partial charge in [-0.25, -0.2) is 0 Å². The predicted octanol–water partition coefficient (Wildman–Crippen LogP) is 3.90. The molecule has 3 rings (SSSR count). The number of ether oxygens (including phenoxy) is 3. The highest BCUT2D eigenvalue weighted by molar-refractivity contribution is 14.0. The van der Waals surface area contributed by atoms with Gasteiger partial charge in [0.25, 0.3) is 0 Å². The third-order valence-electron chi connectivity index (χ3n) is 5.93. The van der Waals surface area contributed by atoms with E-state index in [2.05, 4.69) is 34.7 Å². The Morgan fingerprint density at radius 2 is 2.10 bits per heavy atom. The van der Waals surface area contributed by atoms with Crippen LogP contribution in [-0.4, -0.2) is 46.0 Å². The molecule has 0 amide bonds. The smallest absolute Gasteiger partial charge is 0.191 e. The Balaban J connectivity index is 0.00000300. The molecule has 1 atom stereocenters. The normalized spacial score (nSPS) is 19.4. The summed E-state index contributed by atoms with van der Waals surface area (Å²) < 4.78 is 17.1. The fourth-order valence-electron chi connectivity index (χ4n) is 4.09. The molecule has 2 N–H and O–H groups in total. The molecule has 1 saturated carbocycles. The lowest BCUT2D eigenvalue weighted by atomic mass is 9.67. The molecule has 1 aliphatic carbocycles. The quantitative estimate of drug-likeness (QED) is 0.296. The molecule has 1 fully saturated rings. The zero-order valence-corrected chi connectivity index (χ0v) is 20.5. The second-order valence-corrected chi connectivity index (χ2v) is 8.01. The van der Waals surface area contributed by atoms with Crippen LogP contribution in [0.25, 0.3) is 0 Å². The van der Waals surface area contributed by atoms with Crippen LogP contribution < -0.4 is 20.1 Å². The second-order valence-electron chi connectivity index (χ2n) is 8.01. The van der Waals surface area contributed by atoms with Gasteiger partial charge in [-0.3, -0.25) is 4.99 Å². The average molecular weight is 517 g/mol. The summed E-state index contributed by atoms with van der Waals surface area (Å²) in [5.41, 5.74) is 2.67. The molecular formula is C22H36IN3O3. The number of halogens is 1. The Hall–Kier alpha value is -1.22. The van der Waals surface area contributed by atoms with E-state index >= 15 is 0 Å². The third-order valence-corrected chi connectivity index (χ3v) is 5.93. The summed E-state index contributed by atoms with van der Waals surface area (Å²) in [6, 6.07) is 4.24. The van der Waals surface area contributed by atoms with Gasteiger partial charge < -0.3 is 24.8 Å². The van der Waals surface area contributed by atoms with Crippen molar-refractivity contribution in [3.05, 3.63) is 23.3 Å². The van der Waals surface area contributed by atoms with Crippen molar-refractivity contribution in [3.8, 4) is 11.5 Å². The van der Waals surface area contributed by atoms with Crippen LogP contribution >= 0.6 is 24.0 Å². The summed E-state index contributed by atoms with van der Waals surface area (Å²) in [6.45, 7) is 7.16. The van der Waals surface area contributed by atoms with E-state index in [0.717, 1.165) is 49.0 Å². The molecule has 7 heteroatoms. The van der Waals surface area contributed by atoms with Gasteiger partial charge >= 0.3 is 0 Å². The number of nitrogens with one attached hydrogen (secondary N) is 2. The van der Waals surface area contributed by atoms with E-state index in [1.807, 2.05) is 14.0 Å². The number of benzene rings is 1. The largest absolute Gasteiger partial charge is 0.494 e. The zero-order valence-electron chi connectivity index (χ0n) is 18.2. The van der Waals surface area contributed by atoms with Crippen molar-refractivity contribution in [1.29, 1.82) is 0 Å². The summed E-state index contributed by atoms with van der Waals surface area (Å²) in [7, 11) is 3.59. The molecule has 1 heterocycles. The van der Waals surface area contributed by atoms with Crippen molar-refractivity contribution in [2.24, 2.45) is 10.4 Å². The molecular weight excluding hydrogens is 481 g/mol. The molecule has 0 spiro atoms. The van der Waals surface area contributed by atoms with Crippen molar-refractivity contribution >= 4 is 29.9 Å². The number of rotatable bonds is 9. The second kappa shape index (κ2) is 11.2. The summed E-state index contributed by atoms with van der Waals surface area (Å²) in [5, 5.41) is 6.95. The molecule has 1 aromatic rings. The van der Waals surface area contributed by atoms with E-state index in [4.69, 9.17) is 14.2 Å². The van der Waals surface area contributed by atoms with Crippen LogP contribution in [0.4, 0.5) is 0 Å². The van der Waals surface area contributed by atoms with Gasteiger partial charge in [-0.2, -0.15) is 0 Å². The number of nitrogens with zero attached hydrogens (tertiary/aromatic N) is 1. The highest BCUT2D eigenvalue weighted by atomic mass is 127. The Labute approximate surface area is 192 Å². The van der Waals surface area contributed by atoms with Gasteiger partial charge in [0.15, 0.2) is 5.96 Å². The molecule has 6 nitrogen and oxygen atoms in total. The molecule has 164 valence electrons. The van der Waals surface area contributed by atoms with E-state index in [-0.39, 0.29) is 30.1 Å². The van der Waals surface area contributed by atoms with Crippen molar-refractivity contribution < 1.29 is 14.2 Å². The third kappa shape index (κ3) is 6.13. The van der Waals surface area contributed by atoms with Crippen LogP contribution in [0.15, 0.2) is 17.1 Å². The number of fused-ring (bicyclic) bond motifs is 1.